The van der Waals surface area contributed by atoms with Gasteiger partial charge in [-0.1, -0.05) is 176 Å². The van der Waals surface area contributed by atoms with E-state index in [1.165, 1.54) is 49.5 Å². The molecule has 2 aromatic heterocycles. The van der Waals surface area contributed by atoms with E-state index < -0.39 is 0 Å². The van der Waals surface area contributed by atoms with Gasteiger partial charge in [-0.3, -0.25) is 0 Å². The van der Waals surface area contributed by atoms with E-state index >= 15 is 0 Å². The molecule has 0 saturated carbocycles. The Hall–Kier alpha value is -7.88. The Kier molecular flexibility index (Phi) is 8.14. The average Bonchev–Trinajstić information content (AvgIpc) is 3.33. The molecule has 286 valence electrons. The normalized spacial score (nSPS) is 14.3. The van der Waals surface area contributed by atoms with E-state index in [9.17, 15) is 0 Å². The number of aromatic nitrogens is 2. The molecule has 10 aromatic rings. The van der Waals surface area contributed by atoms with Crippen LogP contribution in [-0.4, -0.2) is 17.0 Å². The summed E-state index contributed by atoms with van der Waals surface area (Å²) < 4.78 is 0. The molecule has 3 heterocycles. The van der Waals surface area contributed by atoms with Gasteiger partial charge >= 0.3 is 0 Å². The predicted molar refractivity (Wildman–Crippen MR) is 255 cm³/mol. The largest absolute Gasteiger partial charge is 0.361 e. The molecule has 1 atom stereocenters. The molecule has 0 bridgehead atoms. The number of benzene rings is 8. The maximum Gasteiger partial charge on any atom is 0.0975 e. The fourth-order valence-electron chi connectivity index (χ4n) is 9.69. The maximum absolute atomic E-state index is 5.59. The highest BCUT2D eigenvalue weighted by Gasteiger charge is 2.35. The Morgan fingerprint density at radius 3 is 1.75 bits per heavy atom. The van der Waals surface area contributed by atoms with E-state index in [4.69, 9.17) is 9.97 Å². The molecule has 8 aromatic carbocycles. The topological polar surface area (TPSA) is 29.0 Å². The highest BCUT2D eigenvalue weighted by molar-refractivity contribution is 6.05. The van der Waals surface area contributed by atoms with Gasteiger partial charge in [0.1, 0.15) is 0 Å². The number of hydrogen-bond acceptors (Lipinski definition) is 3. The minimum atomic E-state index is -0.0360. The molecule has 1 aliphatic carbocycles. The molecule has 0 spiro atoms. The molecule has 0 radical (unpaired) electrons. The van der Waals surface area contributed by atoms with Crippen LogP contribution < -0.4 is 4.90 Å². The number of anilines is 1. The Morgan fingerprint density at radius 1 is 0.393 bits per heavy atom. The summed E-state index contributed by atoms with van der Waals surface area (Å²) in [7, 11) is 2.21. The number of pyridine rings is 2. The highest BCUT2D eigenvalue weighted by Crippen LogP contribution is 2.50. The van der Waals surface area contributed by atoms with Crippen LogP contribution in [0.1, 0.15) is 28.4 Å². The van der Waals surface area contributed by atoms with E-state index in [0.717, 1.165) is 66.9 Å². The molecule has 12 rings (SSSR count). The van der Waals surface area contributed by atoms with Gasteiger partial charge in [-0.25, -0.2) is 9.97 Å². The maximum atomic E-state index is 5.59. The second-order valence-electron chi connectivity index (χ2n) is 16.2. The van der Waals surface area contributed by atoms with Crippen molar-refractivity contribution in [3.8, 4) is 44.9 Å². The Labute approximate surface area is 355 Å². The first-order valence-electron chi connectivity index (χ1n) is 21.0. The zero-order valence-electron chi connectivity index (χ0n) is 33.6. The van der Waals surface area contributed by atoms with Crippen molar-refractivity contribution < 1.29 is 0 Å². The van der Waals surface area contributed by atoms with Crippen LogP contribution in [0.2, 0.25) is 0 Å². The van der Waals surface area contributed by atoms with Crippen molar-refractivity contribution in [1.82, 2.24) is 9.97 Å². The fourth-order valence-corrected chi connectivity index (χ4v) is 9.69. The van der Waals surface area contributed by atoms with Gasteiger partial charge in [-0.2, -0.15) is 0 Å². The molecular weight excluding hydrogens is 739 g/mol. The van der Waals surface area contributed by atoms with Crippen LogP contribution in [0.5, 0.6) is 0 Å². The van der Waals surface area contributed by atoms with Crippen molar-refractivity contribution in [2.45, 2.75) is 6.04 Å². The second-order valence-corrected chi connectivity index (χ2v) is 16.2. The van der Waals surface area contributed by atoms with Crippen LogP contribution in [0.3, 0.4) is 0 Å². The Bertz CT molecular complexity index is 3350. The average molecular weight is 778 g/mol. The lowest BCUT2D eigenvalue weighted by molar-refractivity contribution is 0.740. The summed E-state index contributed by atoms with van der Waals surface area (Å²) in [5.41, 5.74) is 16.8. The van der Waals surface area contributed by atoms with E-state index in [1.807, 2.05) is 0 Å². The van der Waals surface area contributed by atoms with Crippen molar-refractivity contribution in [2.75, 3.05) is 11.9 Å². The van der Waals surface area contributed by atoms with E-state index in [0.29, 0.717) is 0 Å². The summed E-state index contributed by atoms with van der Waals surface area (Å²) in [4.78, 5) is 13.4. The zero-order chi connectivity index (χ0) is 40.4. The Balaban J connectivity index is 1.01. The molecular formula is C58H39N3. The first-order valence-corrected chi connectivity index (χ1v) is 21.0. The smallest absolute Gasteiger partial charge is 0.0975 e. The van der Waals surface area contributed by atoms with Crippen molar-refractivity contribution in [1.29, 1.82) is 0 Å². The van der Waals surface area contributed by atoms with Crippen LogP contribution in [-0.2, 0) is 0 Å². The number of nitrogens with zero attached hydrogens (tertiary/aromatic N) is 3. The van der Waals surface area contributed by atoms with Gasteiger partial charge in [0.15, 0.2) is 0 Å². The first kappa shape index (κ1) is 35.1. The van der Waals surface area contributed by atoms with Gasteiger partial charge in [-0.15, -0.1) is 0 Å². The molecule has 61 heavy (non-hydrogen) atoms. The molecule has 3 nitrogen and oxygen atoms in total. The fraction of sp³-hybridized carbons (Fsp3) is 0.0345. The van der Waals surface area contributed by atoms with Crippen molar-refractivity contribution >= 4 is 49.7 Å². The van der Waals surface area contributed by atoms with Crippen LogP contribution in [0, 0.1) is 0 Å². The van der Waals surface area contributed by atoms with Gasteiger partial charge in [0, 0.05) is 35.0 Å². The molecule has 2 aliphatic rings. The van der Waals surface area contributed by atoms with Crippen LogP contribution in [0.15, 0.2) is 212 Å². The summed E-state index contributed by atoms with van der Waals surface area (Å²) in [5, 5.41) is 7.15. The Morgan fingerprint density at radius 2 is 1.00 bits per heavy atom. The third kappa shape index (κ3) is 5.89. The van der Waals surface area contributed by atoms with Crippen molar-refractivity contribution in [2.24, 2.45) is 0 Å². The van der Waals surface area contributed by atoms with Crippen molar-refractivity contribution in [3.63, 3.8) is 0 Å². The van der Waals surface area contributed by atoms with E-state index in [-0.39, 0.29) is 6.04 Å². The van der Waals surface area contributed by atoms with Crippen LogP contribution in [0.4, 0.5) is 5.69 Å². The molecule has 0 saturated heterocycles. The monoisotopic (exact) mass is 777 g/mol. The van der Waals surface area contributed by atoms with Crippen LogP contribution >= 0.6 is 0 Å². The van der Waals surface area contributed by atoms with Gasteiger partial charge < -0.3 is 4.90 Å². The summed E-state index contributed by atoms with van der Waals surface area (Å²) in [5.74, 6) is 0. The number of fused-ring (bicyclic) bond motifs is 7. The molecule has 0 fully saturated rings. The minimum Gasteiger partial charge on any atom is -0.361 e. The lowest BCUT2D eigenvalue weighted by Gasteiger charge is -2.40. The SMILES string of the molecule is CN1c2ccccc2C(c2ccccc2)=C2C=Cc3ccc(-c4ccc(-c5cc(-c6ccc7ccccc7c6)cc(-c6ccc7ccccc7c6)n5)c5ccccc45)nc3C21. The van der Waals surface area contributed by atoms with Gasteiger partial charge in [0.2, 0.25) is 0 Å². The number of rotatable bonds is 5. The number of likely N-dealkylation sites (N-methyl/N-ethyl adjacent to an activating group) is 1. The molecule has 1 unspecified atom stereocenters. The summed E-state index contributed by atoms with van der Waals surface area (Å²) in [6, 6.07) is 72.2. The first-order chi connectivity index (χ1) is 30.1. The molecule has 3 heteroatoms. The molecule has 0 N–H and O–H groups in total. The minimum absolute atomic E-state index is 0.0360. The second kappa shape index (κ2) is 14.1. The molecule has 1 aliphatic heterocycles. The van der Waals surface area contributed by atoms with Gasteiger partial charge in [0.05, 0.1) is 28.8 Å². The van der Waals surface area contributed by atoms with Gasteiger partial charge in [0.25, 0.3) is 0 Å². The van der Waals surface area contributed by atoms with E-state index in [2.05, 4.69) is 224 Å². The number of hydrogen-bond donors (Lipinski definition) is 0. The predicted octanol–water partition coefficient (Wildman–Crippen LogP) is 14.6. The standard InChI is InChI=1S/C58H39N3/c1-61-55-22-12-11-21-50(55)56(39-15-3-2-4-16-39)51-29-27-40-28-32-52(60-57(40)58(51)61)48-30-31-49(47-20-10-9-19-46(47)48)54-36-45(43-25-23-37-13-5-7-17-41(37)33-43)35-53(59-54)44-26-24-38-14-6-8-18-42(38)34-44/h2-36,58H,1H3. The van der Waals surface area contributed by atoms with Gasteiger partial charge in [-0.05, 0) is 102 Å². The summed E-state index contributed by atoms with van der Waals surface area (Å²) >= 11 is 0. The third-order valence-corrected chi connectivity index (χ3v) is 12.7. The lowest BCUT2D eigenvalue weighted by atomic mass is 9.80. The lowest BCUT2D eigenvalue weighted by Crippen LogP contribution is -2.32. The zero-order valence-corrected chi connectivity index (χ0v) is 33.6. The summed E-state index contributed by atoms with van der Waals surface area (Å²) in [6.07, 6.45) is 4.55. The number of para-hydroxylation sites is 1. The van der Waals surface area contributed by atoms with Crippen LogP contribution in [0.25, 0.3) is 88.9 Å². The highest BCUT2D eigenvalue weighted by atomic mass is 15.2. The quantitative estimate of drug-likeness (QED) is 0.174. The third-order valence-electron chi connectivity index (χ3n) is 12.7. The molecule has 0 amide bonds. The summed E-state index contributed by atoms with van der Waals surface area (Å²) in [6.45, 7) is 0. The van der Waals surface area contributed by atoms with E-state index in [1.54, 1.807) is 0 Å². The van der Waals surface area contributed by atoms with Crippen molar-refractivity contribution in [3.05, 3.63) is 234 Å².